The van der Waals surface area contributed by atoms with E-state index in [1.165, 1.54) is 5.56 Å². The average molecular weight is 370 g/mol. The maximum absolute atomic E-state index is 6.11. The Balaban J connectivity index is 1.45. The Bertz CT molecular complexity index is 784. The topological polar surface area (TPSA) is 43.0 Å². The van der Waals surface area contributed by atoms with Gasteiger partial charge in [-0.15, -0.1) is 0 Å². The van der Waals surface area contributed by atoms with Gasteiger partial charge in [0.2, 0.25) is 0 Å². The number of nitrogens with zero attached hydrogens (tertiary/aromatic N) is 1. The molecule has 0 bridgehead atoms. The van der Waals surface area contributed by atoms with E-state index in [2.05, 4.69) is 29.3 Å². The second kappa shape index (κ2) is 7.51. The molecule has 1 N–H and O–H groups in total. The van der Waals surface area contributed by atoms with Crippen molar-refractivity contribution in [2.24, 2.45) is 0 Å². The van der Waals surface area contributed by atoms with Gasteiger partial charge in [0, 0.05) is 18.3 Å². The maximum Gasteiger partial charge on any atom is 0.173 e. The molecule has 1 fully saturated rings. The predicted molar refractivity (Wildman–Crippen MR) is 105 cm³/mol. The Hall–Kier alpha value is -2.31. The zero-order valence-electron chi connectivity index (χ0n) is 14.7. The molecule has 2 aliphatic rings. The highest BCUT2D eigenvalue weighted by atomic mass is 32.1. The Morgan fingerprint density at radius 3 is 2.62 bits per heavy atom. The van der Waals surface area contributed by atoms with Gasteiger partial charge >= 0.3 is 0 Å². The minimum absolute atomic E-state index is 0.0139. The monoisotopic (exact) mass is 370 g/mol. The van der Waals surface area contributed by atoms with Crippen molar-refractivity contribution < 1.29 is 14.2 Å². The normalized spacial score (nSPS) is 22.0. The van der Waals surface area contributed by atoms with Crippen LogP contribution in [-0.4, -0.2) is 42.4 Å². The van der Waals surface area contributed by atoms with Crippen molar-refractivity contribution in [3.05, 3.63) is 54.1 Å². The van der Waals surface area contributed by atoms with Gasteiger partial charge in [-0.2, -0.15) is 0 Å². The standard InChI is InChI=1S/C20H22N2O3S/c1-14-12-22(13-19(25-14)15-5-3-2-4-6-15)20(26)21-16-7-8-17-18(11-16)24-10-9-23-17/h2-8,11,14,19H,9-10,12-13H2,1H3,(H,21,26)/t14-,19+/m0/s1. The molecule has 2 heterocycles. The number of morpholine rings is 1. The SMILES string of the molecule is C[C@H]1CN(C(=S)Nc2ccc3c(c2)OCCO3)C[C@H](c2ccccc2)O1. The molecular weight excluding hydrogens is 348 g/mol. The lowest BCUT2D eigenvalue weighted by atomic mass is 10.1. The summed E-state index contributed by atoms with van der Waals surface area (Å²) in [6, 6.07) is 16.1. The molecule has 26 heavy (non-hydrogen) atoms. The summed E-state index contributed by atoms with van der Waals surface area (Å²) in [5.74, 6) is 1.53. The number of fused-ring (bicyclic) bond motifs is 1. The second-order valence-corrected chi connectivity index (χ2v) is 6.93. The van der Waals surface area contributed by atoms with Crippen molar-refractivity contribution in [3.63, 3.8) is 0 Å². The second-order valence-electron chi connectivity index (χ2n) is 6.54. The number of thiocarbonyl (C=S) groups is 1. The highest BCUT2D eigenvalue weighted by Gasteiger charge is 2.28. The first-order chi connectivity index (χ1) is 12.7. The highest BCUT2D eigenvalue weighted by Crippen LogP contribution is 2.33. The van der Waals surface area contributed by atoms with E-state index in [1.807, 2.05) is 36.4 Å². The van der Waals surface area contributed by atoms with Gasteiger partial charge in [-0.1, -0.05) is 30.3 Å². The number of ether oxygens (including phenoxy) is 3. The molecule has 0 aliphatic carbocycles. The zero-order chi connectivity index (χ0) is 17.9. The van der Waals surface area contributed by atoms with Crippen LogP contribution in [0.3, 0.4) is 0 Å². The first kappa shape index (κ1) is 17.1. The third-order valence-electron chi connectivity index (χ3n) is 4.51. The van der Waals surface area contributed by atoms with Crippen molar-refractivity contribution in [3.8, 4) is 11.5 Å². The Morgan fingerprint density at radius 2 is 1.81 bits per heavy atom. The molecule has 0 amide bonds. The largest absolute Gasteiger partial charge is 0.486 e. The summed E-state index contributed by atoms with van der Waals surface area (Å²) in [5.41, 5.74) is 2.07. The van der Waals surface area contributed by atoms with Gasteiger partial charge in [-0.25, -0.2) is 0 Å². The average Bonchev–Trinajstić information content (AvgIpc) is 2.68. The lowest BCUT2D eigenvalue weighted by Crippen LogP contribution is -2.47. The van der Waals surface area contributed by atoms with Crippen LogP contribution in [0.15, 0.2) is 48.5 Å². The third-order valence-corrected chi connectivity index (χ3v) is 4.87. The molecule has 2 aromatic rings. The van der Waals surface area contributed by atoms with Crippen LogP contribution in [0.25, 0.3) is 0 Å². The molecule has 0 radical (unpaired) electrons. The third kappa shape index (κ3) is 3.76. The van der Waals surface area contributed by atoms with Crippen molar-refractivity contribution in [1.29, 1.82) is 0 Å². The fourth-order valence-electron chi connectivity index (χ4n) is 3.29. The molecule has 0 spiro atoms. The zero-order valence-corrected chi connectivity index (χ0v) is 15.5. The summed E-state index contributed by atoms with van der Waals surface area (Å²) in [5, 5.41) is 4.01. The molecule has 0 unspecified atom stereocenters. The van der Waals surface area contributed by atoms with Crippen LogP contribution in [0.1, 0.15) is 18.6 Å². The Labute approximate surface area is 158 Å². The van der Waals surface area contributed by atoms with Crippen LogP contribution in [0.2, 0.25) is 0 Å². The number of rotatable bonds is 2. The van der Waals surface area contributed by atoms with Gasteiger partial charge in [0.1, 0.15) is 19.3 Å². The van der Waals surface area contributed by atoms with E-state index < -0.39 is 0 Å². The number of nitrogens with one attached hydrogen (secondary N) is 1. The van der Waals surface area contributed by atoms with Gasteiger partial charge in [0.15, 0.2) is 16.6 Å². The summed E-state index contributed by atoms with van der Waals surface area (Å²) < 4.78 is 17.3. The maximum atomic E-state index is 6.11. The highest BCUT2D eigenvalue weighted by molar-refractivity contribution is 7.80. The first-order valence-electron chi connectivity index (χ1n) is 8.85. The fourth-order valence-corrected chi connectivity index (χ4v) is 3.56. The molecule has 136 valence electrons. The first-order valence-corrected chi connectivity index (χ1v) is 9.26. The van der Waals surface area contributed by atoms with Gasteiger partial charge in [0.25, 0.3) is 0 Å². The van der Waals surface area contributed by atoms with Crippen molar-refractivity contribution in [2.75, 3.05) is 31.6 Å². The fraction of sp³-hybridized carbons (Fsp3) is 0.350. The Kier molecular flexibility index (Phi) is 4.95. The molecule has 2 atom stereocenters. The summed E-state index contributed by atoms with van der Waals surface area (Å²) in [6.45, 7) is 4.73. The Morgan fingerprint density at radius 1 is 1.04 bits per heavy atom. The molecule has 6 heteroatoms. The van der Waals surface area contributed by atoms with Crippen LogP contribution in [0, 0.1) is 0 Å². The van der Waals surface area contributed by atoms with Gasteiger partial charge in [-0.05, 0) is 36.8 Å². The van der Waals surface area contributed by atoms with E-state index in [9.17, 15) is 0 Å². The number of hydrogen-bond donors (Lipinski definition) is 1. The van der Waals surface area contributed by atoms with Crippen LogP contribution in [0.4, 0.5) is 5.69 Å². The molecular formula is C20H22N2O3S. The molecule has 1 saturated heterocycles. The van der Waals surface area contributed by atoms with Crippen molar-refractivity contribution in [1.82, 2.24) is 4.90 Å². The quantitative estimate of drug-likeness (QED) is 0.815. The van der Waals surface area contributed by atoms with Gasteiger partial charge in [-0.3, -0.25) is 0 Å². The summed E-state index contributed by atoms with van der Waals surface area (Å²) in [7, 11) is 0. The number of anilines is 1. The molecule has 2 aliphatic heterocycles. The van der Waals surface area contributed by atoms with Gasteiger partial charge < -0.3 is 24.4 Å². The smallest absolute Gasteiger partial charge is 0.173 e. The van der Waals surface area contributed by atoms with Crippen LogP contribution < -0.4 is 14.8 Å². The van der Waals surface area contributed by atoms with Crippen LogP contribution in [-0.2, 0) is 4.74 Å². The molecule has 5 nitrogen and oxygen atoms in total. The summed E-state index contributed by atoms with van der Waals surface area (Å²) in [4.78, 5) is 2.16. The van der Waals surface area contributed by atoms with E-state index in [1.54, 1.807) is 0 Å². The summed E-state index contributed by atoms with van der Waals surface area (Å²) >= 11 is 5.65. The van der Waals surface area contributed by atoms with E-state index >= 15 is 0 Å². The van der Waals surface area contributed by atoms with E-state index in [4.69, 9.17) is 26.4 Å². The van der Waals surface area contributed by atoms with E-state index in [0.717, 1.165) is 30.3 Å². The minimum Gasteiger partial charge on any atom is -0.486 e. The van der Waals surface area contributed by atoms with E-state index in [-0.39, 0.29) is 12.2 Å². The number of hydrogen-bond acceptors (Lipinski definition) is 4. The molecule has 0 aromatic heterocycles. The minimum atomic E-state index is 0.0139. The van der Waals surface area contributed by atoms with E-state index in [0.29, 0.717) is 18.3 Å². The predicted octanol–water partition coefficient (Wildman–Crippen LogP) is 3.62. The molecule has 0 saturated carbocycles. The lowest BCUT2D eigenvalue weighted by Gasteiger charge is -2.38. The van der Waals surface area contributed by atoms with Crippen LogP contribution >= 0.6 is 12.2 Å². The van der Waals surface area contributed by atoms with Crippen LogP contribution in [0.5, 0.6) is 11.5 Å². The van der Waals surface area contributed by atoms with Crippen molar-refractivity contribution >= 4 is 23.0 Å². The molecule has 4 rings (SSSR count). The molecule has 2 aromatic carbocycles. The summed E-state index contributed by atoms with van der Waals surface area (Å²) in [6.07, 6.45) is 0.119. The number of benzene rings is 2. The van der Waals surface area contributed by atoms with Gasteiger partial charge in [0.05, 0.1) is 12.6 Å². The van der Waals surface area contributed by atoms with Crippen molar-refractivity contribution in [2.45, 2.75) is 19.1 Å². The lowest BCUT2D eigenvalue weighted by molar-refractivity contribution is -0.0589.